The number of aromatic nitrogens is 2. The third kappa shape index (κ3) is 2.79. The van der Waals surface area contributed by atoms with Crippen LogP contribution in [-0.2, 0) is 6.54 Å². The Hall–Kier alpha value is -1.61. The van der Waals surface area contributed by atoms with E-state index in [-0.39, 0.29) is 0 Å². The molecule has 0 atom stereocenters. The van der Waals surface area contributed by atoms with E-state index in [1.165, 1.54) is 11.1 Å². The summed E-state index contributed by atoms with van der Waals surface area (Å²) in [6.45, 7) is 6.75. The zero-order valence-corrected chi connectivity index (χ0v) is 11.5. The molecule has 94 valence electrons. The zero-order valence-electron chi connectivity index (χ0n) is 10.8. The van der Waals surface area contributed by atoms with Crippen molar-refractivity contribution in [2.75, 3.05) is 5.32 Å². The molecule has 0 aliphatic rings. The van der Waals surface area contributed by atoms with E-state index in [1.54, 1.807) is 0 Å². The summed E-state index contributed by atoms with van der Waals surface area (Å²) in [6, 6.07) is 8.41. The lowest BCUT2D eigenvalue weighted by Gasteiger charge is -2.10. The fourth-order valence-electron chi connectivity index (χ4n) is 1.64. The Morgan fingerprint density at radius 3 is 2.33 bits per heavy atom. The summed E-state index contributed by atoms with van der Waals surface area (Å²) in [6.07, 6.45) is 0. The van der Waals surface area contributed by atoms with E-state index in [9.17, 15) is 0 Å². The highest BCUT2D eigenvalue weighted by atomic mass is 35.5. The number of nitrogens with one attached hydrogen (secondary N) is 1. The molecule has 1 aromatic heterocycles. The second-order valence-electron chi connectivity index (χ2n) is 4.43. The minimum Gasteiger partial charge on any atom is -0.364 e. The van der Waals surface area contributed by atoms with Crippen LogP contribution in [0.15, 0.2) is 24.3 Å². The standard InChI is InChI=1S/C14H16ClN3/c1-9-4-6-12(7-5-9)8-16-14-11(3)10(2)13(15)17-18-14/h4-7H,8H2,1-3H3,(H,16,18). The molecule has 0 fully saturated rings. The first-order chi connectivity index (χ1) is 8.58. The van der Waals surface area contributed by atoms with Gasteiger partial charge in [-0.1, -0.05) is 41.4 Å². The molecule has 0 aliphatic carbocycles. The number of aryl methyl sites for hydroxylation is 1. The van der Waals surface area contributed by atoms with Crippen molar-refractivity contribution in [2.45, 2.75) is 27.3 Å². The van der Waals surface area contributed by atoms with Crippen molar-refractivity contribution in [3.05, 3.63) is 51.7 Å². The SMILES string of the molecule is Cc1ccc(CNc2nnc(Cl)c(C)c2C)cc1. The van der Waals surface area contributed by atoms with Crippen molar-refractivity contribution in [1.82, 2.24) is 10.2 Å². The molecule has 0 bridgehead atoms. The molecule has 1 aromatic carbocycles. The Morgan fingerprint density at radius 1 is 1.00 bits per heavy atom. The van der Waals surface area contributed by atoms with Crippen LogP contribution in [-0.4, -0.2) is 10.2 Å². The molecule has 0 amide bonds. The highest BCUT2D eigenvalue weighted by Gasteiger charge is 2.07. The van der Waals surface area contributed by atoms with E-state index in [1.807, 2.05) is 13.8 Å². The molecule has 3 nitrogen and oxygen atoms in total. The van der Waals surface area contributed by atoms with Crippen LogP contribution in [0.4, 0.5) is 5.82 Å². The van der Waals surface area contributed by atoms with Crippen molar-refractivity contribution in [2.24, 2.45) is 0 Å². The third-order valence-electron chi connectivity index (χ3n) is 3.05. The first-order valence-electron chi connectivity index (χ1n) is 5.86. The maximum Gasteiger partial charge on any atom is 0.155 e. The molecule has 0 radical (unpaired) electrons. The fourth-order valence-corrected chi connectivity index (χ4v) is 1.82. The van der Waals surface area contributed by atoms with Crippen LogP contribution in [0.3, 0.4) is 0 Å². The van der Waals surface area contributed by atoms with Crippen molar-refractivity contribution < 1.29 is 0 Å². The normalized spacial score (nSPS) is 10.4. The smallest absolute Gasteiger partial charge is 0.155 e. The van der Waals surface area contributed by atoms with Gasteiger partial charge in [-0.2, -0.15) is 0 Å². The van der Waals surface area contributed by atoms with Crippen molar-refractivity contribution in [1.29, 1.82) is 0 Å². The average molecular weight is 262 g/mol. The van der Waals surface area contributed by atoms with Gasteiger partial charge in [-0.3, -0.25) is 0 Å². The van der Waals surface area contributed by atoms with Crippen LogP contribution >= 0.6 is 11.6 Å². The van der Waals surface area contributed by atoms with E-state index in [0.717, 1.165) is 23.5 Å². The first-order valence-corrected chi connectivity index (χ1v) is 6.24. The van der Waals surface area contributed by atoms with Gasteiger partial charge in [0.05, 0.1) is 0 Å². The van der Waals surface area contributed by atoms with Crippen LogP contribution in [0.2, 0.25) is 5.15 Å². The van der Waals surface area contributed by atoms with Crippen LogP contribution in [0.25, 0.3) is 0 Å². The van der Waals surface area contributed by atoms with E-state index in [0.29, 0.717) is 5.15 Å². The number of nitrogens with zero attached hydrogens (tertiary/aromatic N) is 2. The quantitative estimate of drug-likeness (QED) is 0.916. The zero-order chi connectivity index (χ0) is 13.1. The van der Waals surface area contributed by atoms with Crippen LogP contribution in [0, 0.1) is 20.8 Å². The highest BCUT2D eigenvalue weighted by molar-refractivity contribution is 6.30. The molecule has 4 heteroatoms. The number of hydrogen-bond donors (Lipinski definition) is 1. The monoisotopic (exact) mass is 261 g/mol. The molecule has 2 aromatic rings. The summed E-state index contributed by atoms with van der Waals surface area (Å²) in [5.74, 6) is 0.789. The Balaban J connectivity index is 2.11. The Morgan fingerprint density at radius 2 is 1.67 bits per heavy atom. The summed E-state index contributed by atoms with van der Waals surface area (Å²) in [7, 11) is 0. The minimum absolute atomic E-state index is 0.466. The highest BCUT2D eigenvalue weighted by Crippen LogP contribution is 2.20. The van der Waals surface area contributed by atoms with Crippen molar-refractivity contribution in [3.8, 4) is 0 Å². The maximum absolute atomic E-state index is 5.92. The number of hydrogen-bond acceptors (Lipinski definition) is 3. The number of rotatable bonds is 3. The third-order valence-corrected chi connectivity index (χ3v) is 3.40. The van der Waals surface area contributed by atoms with Gasteiger partial charge in [0, 0.05) is 6.54 Å². The number of anilines is 1. The van der Waals surface area contributed by atoms with Crippen molar-refractivity contribution in [3.63, 3.8) is 0 Å². The lowest BCUT2D eigenvalue weighted by atomic mass is 10.1. The van der Waals surface area contributed by atoms with Crippen LogP contribution in [0.5, 0.6) is 0 Å². The summed E-state index contributed by atoms with van der Waals surface area (Å²) in [4.78, 5) is 0. The fraction of sp³-hybridized carbons (Fsp3) is 0.286. The van der Waals surface area contributed by atoms with Gasteiger partial charge in [0.1, 0.15) is 0 Å². The van der Waals surface area contributed by atoms with Crippen molar-refractivity contribution >= 4 is 17.4 Å². The molecule has 0 saturated carbocycles. The van der Waals surface area contributed by atoms with Gasteiger partial charge in [0.15, 0.2) is 11.0 Å². The lowest BCUT2D eigenvalue weighted by molar-refractivity contribution is 0.971. The van der Waals surface area contributed by atoms with Gasteiger partial charge in [0.25, 0.3) is 0 Å². The first kappa shape index (κ1) is 12.8. The Bertz CT molecular complexity index is 550. The molecule has 2 rings (SSSR count). The van der Waals surface area contributed by atoms with Gasteiger partial charge in [-0.25, -0.2) is 0 Å². The van der Waals surface area contributed by atoms with E-state index in [2.05, 4.69) is 46.7 Å². The van der Waals surface area contributed by atoms with E-state index in [4.69, 9.17) is 11.6 Å². The van der Waals surface area contributed by atoms with Crippen LogP contribution in [0.1, 0.15) is 22.3 Å². The second kappa shape index (κ2) is 5.36. The predicted molar refractivity (Wildman–Crippen MR) is 75.0 cm³/mol. The van der Waals surface area contributed by atoms with Gasteiger partial charge >= 0.3 is 0 Å². The molecular weight excluding hydrogens is 246 g/mol. The second-order valence-corrected chi connectivity index (χ2v) is 4.79. The van der Waals surface area contributed by atoms with E-state index < -0.39 is 0 Å². The molecule has 1 heterocycles. The average Bonchev–Trinajstić information content (AvgIpc) is 2.37. The molecule has 0 aliphatic heterocycles. The minimum atomic E-state index is 0.466. The summed E-state index contributed by atoms with van der Waals surface area (Å²) in [5.41, 5.74) is 4.49. The van der Waals surface area contributed by atoms with Crippen LogP contribution < -0.4 is 5.32 Å². The maximum atomic E-state index is 5.92. The van der Waals surface area contributed by atoms with Gasteiger partial charge in [0.2, 0.25) is 0 Å². The summed E-state index contributed by atoms with van der Waals surface area (Å²) < 4.78 is 0. The Kier molecular flexibility index (Phi) is 3.82. The summed E-state index contributed by atoms with van der Waals surface area (Å²) in [5, 5.41) is 11.7. The Labute approximate surface area is 112 Å². The predicted octanol–water partition coefficient (Wildman–Crippen LogP) is 3.67. The topological polar surface area (TPSA) is 37.8 Å². The molecular formula is C14H16ClN3. The van der Waals surface area contributed by atoms with Gasteiger partial charge in [-0.15, -0.1) is 10.2 Å². The number of halogens is 1. The molecule has 0 spiro atoms. The summed E-state index contributed by atoms with van der Waals surface area (Å²) >= 11 is 5.92. The van der Waals surface area contributed by atoms with E-state index >= 15 is 0 Å². The molecule has 0 unspecified atom stereocenters. The largest absolute Gasteiger partial charge is 0.364 e. The molecule has 0 saturated heterocycles. The molecule has 1 N–H and O–H groups in total. The van der Waals surface area contributed by atoms with Gasteiger partial charge in [-0.05, 0) is 37.5 Å². The number of benzene rings is 1. The molecule has 18 heavy (non-hydrogen) atoms. The van der Waals surface area contributed by atoms with Gasteiger partial charge < -0.3 is 5.32 Å². The lowest BCUT2D eigenvalue weighted by Crippen LogP contribution is -2.06.